The molecule has 3 rings (SSSR count). The minimum absolute atomic E-state index is 0.416. The summed E-state index contributed by atoms with van der Waals surface area (Å²) in [4.78, 5) is 16.7. The van der Waals surface area contributed by atoms with Gasteiger partial charge in [-0.05, 0) is 51.5 Å². The Morgan fingerprint density at radius 3 is 2.58 bits per heavy atom. The molecule has 124 valence electrons. The molecule has 0 fully saturated rings. The number of ether oxygens (including phenoxy) is 1. The number of nitrogen functional groups attached to an aromatic ring is 1. The van der Waals surface area contributed by atoms with Gasteiger partial charge in [0, 0.05) is 23.5 Å². The predicted molar refractivity (Wildman–Crippen MR) is 91.8 cm³/mol. The molecule has 2 heterocycles. The van der Waals surface area contributed by atoms with Crippen molar-refractivity contribution in [3.05, 3.63) is 42.2 Å². The smallest absolute Gasteiger partial charge is 0.340 e. The number of azo groups is 1. The normalized spacial score (nSPS) is 19.2. The van der Waals surface area contributed by atoms with Gasteiger partial charge in [-0.15, -0.1) is 0 Å². The highest BCUT2D eigenvalue weighted by Crippen LogP contribution is 2.43. The van der Waals surface area contributed by atoms with E-state index in [9.17, 15) is 4.79 Å². The molecule has 0 saturated heterocycles. The van der Waals surface area contributed by atoms with Crippen molar-refractivity contribution >= 4 is 17.3 Å². The van der Waals surface area contributed by atoms with Crippen LogP contribution in [0.3, 0.4) is 0 Å². The first kappa shape index (κ1) is 16.1. The Labute approximate surface area is 140 Å². The Kier molecular flexibility index (Phi) is 3.63. The standard InChI is InChI=1S/C18H20N4O2/c1-17(2,3)24-16(23)18(4)14-8-11(5-6-15(14)21-22-18)12-7-13(19)10-20-9-12/h5-10H,19H2,1-4H3. The Morgan fingerprint density at radius 2 is 1.92 bits per heavy atom. The third kappa shape index (κ3) is 2.87. The molecule has 0 saturated carbocycles. The van der Waals surface area contributed by atoms with E-state index in [1.807, 2.05) is 45.0 Å². The number of aromatic nitrogens is 1. The lowest BCUT2D eigenvalue weighted by Gasteiger charge is -2.26. The van der Waals surface area contributed by atoms with Crippen LogP contribution in [0, 0.1) is 0 Å². The number of hydrogen-bond donors (Lipinski definition) is 1. The van der Waals surface area contributed by atoms with Crippen molar-refractivity contribution < 1.29 is 9.53 Å². The van der Waals surface area contributed by atoms with Crippen LogP contribution >= 0.6 is 0 Å². The zero-order valence-electron chi connectivity index (χ0n) is 14.2. The van der Waals surface area contributed by atoms with Crippen molar-refractivity contribution in [2.24, 2.45) is 10.2 Å². The third-order valence-corrected chi connectivity index (χ3v) is 3.77. The van der Waals surface area contributed by atoms with Gasteiger partial charge in [-0.3, -0.25) is 4.98 Å². The molecule has 2 aromatic rings. The molecule has 0 radical (unpaired) electrons. The summed E-state index contributed by atoms with van der Waals surface area (Å²) < 4.78 is 5.52. The number of carbonyl (C=O) groups is 1. The second-order valence-corrected chi connectivity index (χ2v) is 7.01. The summed E-state index contributed by atoms with van der Waals surface area (Å²) in [6.45, 7) is 7.21. The van der Waals surface area contributed by atoms with Crippen LogP contribution in [0.4, 0.5) is 11.4 Å². The van der Waals surface area contributed by atoms with Gasteiger partial charge in [-0.1, -0.05) is 6.07 Å². The number of rotatable bonds is 2. The van der Waals surface area contributed by atoms with Crippen LogP contribution in [0.15, 0.2) is 46.9 Å². The van der Waals surface area contributed by atoms with Gasteiger partial charge < -0.3 is 10.5 Å². The summed E-state index contributed by atoms with van der Waals surface area (Å²) >= 11 is 0. The quantitative estimate of drug-likeness (QED) is 0.846. The van der Waals surface area contributed by atoms with Crippen molar-refractivity contribution in [3.8, 4) is 11.1 Å². The van der Waals surface area contributed by atoms with E-state index in [4.69, 9.17) is 10.5 Å². The van der Waals surface area contributed by atoms with Gasteiger partial charge in [0.15, 0.2) is 0 Å². The summed E-state index contributed by atoms with van der Waals surface area (Å²) in [7, 11) is 0. The average Bonchev–Trinajstić information content (AvgIpc) is 2.84. The van der Waals surface area contributed by atoms with Crippen molar-refractivity contribution in [2.75, 3.05) is 5.73 Å². The first-order valence-corrected chi connectivity index (χ1v) is 7.71. The fourth-order valence-electron chi connectivity index (χ4n) is 2.54. The van der Waals surface area contributed by atoms with Gasteiger partial charge in [0.2, 0.25) is 5.54 Å². The molecule has 1 unspecified atom stereocenters. The maximum Gasteiger partial charge on any atom is 0.340 e. The molecular weight excluding hydrogens is 304 g/mol. The van der Waals surface area contributed by atoms with Gasteiger partial charge in [0.25, 0.3) is 0 Å². The SMILES string of the molecule is CC(C)(C)OC(=O)C1(C)N=Nc2ccc(-c3cncc(N)c3)cc21. The Balaban J connectivity index is 2.02. The van der Waals surface area contributed by atoms with Crippen LogP contribution < -0.4 is 5.73 Å². The topological polar surface area (TPSA) is 89.9 Å². The van der Waals surface area contributed by atoms with E-state index < -0.39 is 17.1 Å². The Bertz CT molecular complexity index is 839. The van der Waals surface area contributed by atoms with Crippen LogP contribution in [-0.4, -0.2) is 16.6 Å². The molecule has 0 bridgehead atoms. The molecule has 1 aliphatic heterocycles. The second-order valence-electron chi connectivity index (χ2n) is 7.01. The predicted octanol–water partition coefficient (Wildman–Crippen LogP) is 3.99. The number of carbonyl (C=O) groups excluding carboxylic acids is 1. The Morgan fingerprint density at radius 1 is 1.17 bits per heavy atom. The monoisotopic (exact) mass is 324 g/mol. The lowest BCUT2D eigenvalue weighted by atomic mass is 9.90. The number of nitrogens with two attached hydrogens (primary N) is 1. The molecule has 0 aliphatic carbocycles. The molecule has 2 N–H and O–H groups in total. The molecule has 6 nitrogen and oxygen atoms in total. The largest absolute Gasteiger partial charge is 0.458 e. The molecule has 1 aromatic heterocycles. The lowest BCUT2D eigenvalue weighted by Crippen LogP contribution is -2.36. The molecule has 24 heavy (non-hydrogen) atoms. The van der Waals surface area contributed by atoms with Crippen LogP contribution in [0.25, 0.3) is 11.1 Å². The van der Waals surface area contributed by atoms with Crippen LogP contribution in [0.1, 0.15) is 33.3 Å². The molecule has 0 amide bonds. The minimum Gasteiger partial charge on any atom is -0.458 e. The van der Waals surface area contributed by atoms with E-state index >= 15 is 0 Å². The molecular formula is C18H20N4O2. The average molecular weight is 324 g/mol. The lowest BCUT2D eigenvalue weighted by molar-refractivity contribution is -0.161. The van der Waals surface area contributed by atoms with E-state index in [0.29, 0.717) is 11.4 Å². The second kappa shape index (κ2) is 5.40. The summed E-state index contributed by atoms with van der Waals surface area (Å²) in [5.41, 5.74) is 7.81. The van der Waals surface area contributed by atoms with Gasteiger partial charge in [-0.2, -0.15) is 10.2 Å². The number of pyridine rings is 1. The van der Waals surface area contributed by atoms with E-state index in [0.717, 1.165) is 16.7 Å². The number of hydrogen-bond acceptors (Lipinski definition) is 6. The van der Waals surface area contributed by atoms with Gasteiger partial charge >= 0.3 is 5.97 Å². The highest BCUT2D eigenvalue weighted by Gasteiger charge is 2.44. The van der Waals surface area contributed by atoms with E-state index in [1.54, 1.807) is 19.3 Å². The maximum atomic E-state index is 12.6. The first-order valence-electron chi connectivity index (χ1n) is 7.71. The van der Waals surface area contributed by atoms with Crippen molar-refractivity contribution in [1.82, 2.24) is 4.98 Å². The fourth-order valence-corrected chi connectivity index (χ4v) is 2.54. The maximum absolute atomic E-state index is 12.6. The minimum atomic E-state index is -1.15. The zero-order valence-corrected chi connectivity index (χ0v) is 14.2. The van der Waals surface area contributed by atoms with Crippen LogP contribution in [-0.2, 0) is 15.1 Å². The molecule has 6 heteroatoms. The Hall–Kier alpha value is -2.76. The highest BCUT2D eigenvalue weighted by molar-refractivity contribution is 5.87. The number of anilines is 1. The number of fused-ring (bicyclic) bond motifs is 1. The van der Waals surface area contributed by atoms with E-state index in [1.165, 1.54) is 0 Å². The summed E-state index contributed by atoms with van der Waals surface area (Å²) in [5, 5.41) is 8.32. The zero-order chi connectivity index (χ0) is 17.5. The summed E-state index contributed by atoms with van der Waals surface area (Å²) in [6.07, 6.45) is 3.32. The molecule has 1 aliphatic rings. The van der Waals surface area contributed by atoms with Gasteiger partial charge in [-0.25, -0.2) is 4.79 Å². The number of nitrogens with zero attached hydrogens (tertiary/aromatic N) is 3. The van der Waals surface area contributed by atoms with Crippen molar-refractivity contribution in [2.45, 2.75) is 38.8 Å². The summed E-state index contributed by atoms with van der Waals surface area (Å²) in [6, 6.07) is 7.49. The van der Waals surface area contributed by atoms with Crippen molar-refractivity contribution in [1.29, 1.82) is 0 Å². The van der Waals surface area contributed by atoms with Crippen molar-refractivity contribution in [3.63, 3.8) is 0 Å². The molecule has 0 spiro atoms. The van der Waals surface area contributed by atoms with Crippen LogP contribution in [0.5, 0.6) is 0 Å². The van der Waals surface area contributed by atoms with Gasteiger partial charge in [0.05, 0.1) is 11.4 Å². The number of esters is 1. The fraction of sp³-hybridized carbons (Fsp3) is 0.333. The molecule has 1 atom stereocenters. The van der Waals surface area contributed by atoms with E-state index in [2.05, 4.69) is 15.2 Å². The molecule has 1 aromatic carbocycles. The number of benzene rings is 1. The van der Waals surface area contributed by atoms with Gasteiger partial charge in [0.1, 0.15) is 5.60 Å². The van der Waals surface area contributed by atoms with Crippen LogP contribution in [0.2, 0.25) is 0 Å². The first-order chi connectivity index (χ1) is 11.2. The van der Waals surface area contributed by atoms with E-state index in [-0.39, 0.29) is 0 Å². The summed E-state index contributed by atoms with van der Waals surface area (Å²) in [5.74, 6) is -0.416. The highest BCUT2D eigenvalue weighted by atomic mass is 16.6. The third-order valence-electron chi connectivity index (χ3n) is 3.77.